The number of nitrogens with one attached hydrogen (secondary N) is 1. The molecule has 1 aromatic heterocycles. The Kier molecular flexibility index (Phi) is 7.27. The van der Waals surface area contributed by atoms with Crippen LogP contribution in [0.4, 0.5) is 8.78 Å². The third-order valence-corrected chi connectivity index (χ3v) is 7.76. The zero-order valence-electron chi connectivity index (χ0n) is 19.0. The summed E-state index contributed by atoms with van der Waals surface area (Å²) in [6.07, 6.45) is 4.93. The molecule has 0 saturated heterocycles. The molecular weight excluding hydrogens is 480 g/mol. The second-order valence-corrected chi connectivity index (χ2v) is 10.4. The smallest absolute Gasteiger partial charge is 0.322 e. The van der Waals surface area contributed by atoms with Gasteiger partial charge in [0, 0.05) is 5.92 Å². The lowest BCUT2D eigenvalue weighted by molar-refractivity contribution is -0.138. The van der Waals surface area contributed by atoms with Crippen LogP contribution in [0.2, 0.25) is 0 Å². The van der Waals surface area contributed by atoms with Crippen LogP contribution >= 0.6 is 0 Å². The number of hydrogen-bond acceptors (Lipinski definition) is 6. The molecule has 186 valence electrons. The Hall–Kier alpha value is -3.18. The zero-order chi connectivity index (χ0) is 25.2. The van der Waals surface area contributed by atoms with Crippen LogP contribution in [-0.2, 0) is 21.2 Å². The average Bonchev–Trinajstić information content (AvgIpc) is 3.29. The van der Waals surface area contributed by atoms with Gasteiger partial charge >= 0.3 is 5.97 Å². The number of aliphatic carboxylic acids is 1. The van der Waals surface area contributed by atoms with Crippen molar-refractivity contribution in [3.63, 3.8) is 0 Å². The lowest BCUT2D eigenvalue weighted by Crippen LogP contribution is -2.42. The molecule has 35 heavy (non-hydrogen) atoms. The topological polar surface area (TPSA) is 122 Å². The molecular formula is C24H25F2N3O5S. The van der Waals surface area contributed by atoms with Crippen molar-refractivity contribution in [1.29, 1.82) is 0 Å². The van der Waals surface area contributed by atoms with Crippen molar-refractivity contribution in [1.82, 2.24) is 14.9 Å². The van der Waals surface area contributed by atoms with E-state index in [9.17, 15) is 27.1 Å². The van der Waals surface area contributed by atoms with Crippen molar-refractivity contribution in [2.45, 2.75) is 62.3 Å². The van der Waals surface area contributed by atoms with E-state index in [2.05, 4.69) is 14.9 Å². The van der Waals surface area contributed by atoms with Gasteiger partial charge in [-0.25, -0.2) is 17.2 Å². The van der Waals surface area contributed by atoms with Crippen molar-refractivity contribution in [2.24, 2.45) is 0 Å². The van der Waals surface area contributed by atoms with E-state index in [-0.39, 0.29) is 39.7 Å². The molecule has 3 aromatic rings. The maximum atomic E-state index is 14.9. The van der Waals surface area contributed by atoms with Crippen LogP contribution in [0.5, 0.6) is 0 Å². The van der Waals surface area contributed by atoms with Gasteiger partial charge in [-0.1, -0.05) is 30.5 Å². The van der Waals surface area contributed by atoms with Crippen molar-refractivity contribution < 1.29 is 31.6 Å². The maximum Gasteiger partial charge on any atom is 0.322 e. The first-order valence-electron chi connectivity index (χ1n) is 11.3. The van der Waals surface area contributed by atoms with Crippen molar-refractivity contribution in [3.8, 4) is 11.4 Å². The predicted octanol–water partition coefficient (Wildman–Crippen LogP) is 4.35. The summed E-state index contributed by atoms with van der Waals surface area (Å²) in [5.74, 6) is -1.97. The van der Waals surface area contributed by atoms with Gasteiger partial charge < -0.3 is 9.63 Å². The Balaban J connectivity index is 1.51. The molecule has 1 aliphatic carbocycles. The van der Waals surface area contributed by atoms with Gasteiger partial charge in [0.2, 0.25) is 21.7 Å². The molecule has 1 heterocycles. The van der Waals surface area contributed by atoms with Gasteiger partial charge in [-0.15, -0.1) is 0 Å². The minimum Gasteiger partial charge on any atom is -0.480 e. The second-order valence-electron chi connectivity index (χ2n) is 8.73. The quantitative estimate of drug-likeness (QED) is 0.467. The summed E-state index contributed by atoms with van der Waals surface area (Å²) in [4.78, 5) is 15.9. The Bertz CT molecular complexity index is 1340. The third-order valence-electron chi connectivity index (χ3n) is 6.13. The Morgan fingerprint density at radius 1 is 1.17 bits per heavy atom. The summed E-state index contributed by atoms with van der Waals surface area (Å²) < 4.78 is 61.1. The van der Waals surface area contributed by atoms with E-state index in [1.165, 1.54) is 25.5 Å². The molecule has 2 aromatic carbocycles. The Labute approximate surface area is 201 Å². The van der Waals surface area contributed by atoms with Crippen molar-refractivity contribution in [3.05, 3.63) is 65.1 Å². The lowest BCUT2D eigenvalue weighted by Gasteiger charge is -2.17. The number of carboxylic acids is 1. The number of nitrogens with zero attached hydrogens (tertiary/aromatic N) is 2. The van der Waals surface area contributed by atoms with Crippen LogP contribution in [0.3, 0.4) is 0 Å². The molecule has 1 fully saturated rings. The zero-order valence-corrected chi connectivity index (χ0v) is 19.8. The monoisotopic (exact) mass is 505 g/mol. The van der Waals surface area contributed by atoms with Crippen LogP contribution in [-0.4, -0.2) is 35.7 Å². The average molecular weight is 506 g/mol. The standard InChI is InChI=1S/C24H25F2N3O5S/c1-14-11-17(25)8-10-21(14)35(32,33)29-20(24(30)31)13-15-7-9-18(19(26)12-15)22-27-23(34-28-22)16-5-3-2-4-6-16/h7-12,16,20,29H,2-6,13H2,1H3,(H,30,31). The van der Waals surface area contributed by atoms with Gasteiger partial charge in [-0.3, -0.25) is 4.79 Å². The normalized spacial score (nSPS) is 15.7. The highest BCUT2D eigenvalue weighted by molar-refractivity contribution is 7.89. The van der Waals surface area contributed by atoms with Gasteiger partial charge in [0.05, 0.1) is 10.5 Å². The van der Waals surface area contributed by atoms with E-state index < -0.39 is 33.7 Å². The van der Waals surface area contributed by atoms with Crippen LogP contribution in [0, 0.1) is 18.6 Å². The number of aromatic nitrogens is 2. The van der Waals surface area contributed by atoms with Gasteiger partial charge in [0.15, 0.2) is 0 Å². The van der Waals surface area contributed by atoms with Gasteiger partial charge in [-0.05, 0) is 67.6 Å². The molecule has 8 nitrogen and oxygen atoms in total. The summed E-state index contributed by atoms with van der Waals surface area (Å²) in [7, 11) is -4.27. The highest BCUT2D eigenvalue weighted by atomic mass is 32.2. The van der Waals surface area contributed by atoms with E-state index in [1.807, 2.05) is 0 Å². The summed E-state index contributed by atoms with van der Waals surface area (Å²) >= 11 is 0. The first kappa shape index (κ1) is 24.9. The fraction of sp³-hybridized carbons (Fsp3) is 0.375. The summed E-state index contributed by atoms with van der Waals surface area (Å²) in [6.45, 7) is 1.40. The minimum absolute atomic E-state index is 0.106. The molecule has 0 bridgehead atoms. The number of benzene rings is 2. The maximum absolute atomic E-state index is 14.9. The minimum atomic E-state index is -4.27. The van der Waals surface area contributed by atoms with E-state index in [4.69, 9.17) is 4.52 Å². The molecule has 1 atom stereocenters. The van der Waals surface area contributed by atoms with E-state index in [0.717, 1.165) is 49.9 Å². The number of halogens is 2. The summed E-state index contributed by atoms with van der Waals surface area (Å²) in [5.41, 5.74) is 0.492. The summed E-state index contributed by atoms with van der Waals surface area (Å²) in [6, 6.07) is 5.53. The molecule has 0 aliphatic heterocycles. The van der Waals surface area contributed by atoms with E-state index in [1.54, 1.807) is 0 Å². The SMILES string of the molecule is Cc1cc(F)ccc1S(=O)(=O)NC(Cc1ccc(-c2noc(C3CCCCC3)n2)c(F)c1)C(=O)O. The highest BCUT2D eigenvalue weighted by Crippen LogP contribution is 2.33. The second kappa shape index (κ2) is 10.2. The van der Waals surface area contributed by atoms with Crippen LogP contribution in [0.15, 0.2) is 45.8 Å². The first-order chi connectivity index (χ1) is 16.6. The van der Waals surface area contributed by atoms with Gasteiger partial charge in [-0.2, -0.15) is 9.71 Å². The number of carbonyl (C=O) groups is 1. The van der Waals surface area contributed by atoms with Crippen LogP contribution < -0.4 is 4.72 Å². The highest BCUT2D eigenvalue weighted by Gasteiger charge is 2.28. The number of rotatable bonds is 8. The predicted molar refractivity (Wildman–Crippen MR) is 122 cm³/mol. The molecule has 4 rings (SSSR count). The van der Waals surface area contributed by atoms with E-state index >= 15 is 0 Å². The van der Waals surface area contributed by atoms with E-state index in [0.29, 0.717) is 5.89 Å². The number of carboxylic acid groups (broad SMARTS) is 1. The van der Waals surface area contributed by atoms with Gasteiger partial charge in [0.25, 0.3) is 0 Å². The molecule has 0 amide bonds. The molecule has 2 N–H and O–H groups in total. The van der Waals surface area contributed by atoms with Crippen molar-refractivity contribution in [2.75, 3.05) is 0 Å². The fourth-order valence-corrected chi connectivity index (χ4v) is 5.72. The molecule has 1 unspecified atom stereocenters. The number of sulfonamides is 1. The molecule has 1 saturated carbocycles. The Morgan fingerprint density at radius 2 is 1.91 bits per heavy atom. The molecule has 0 spiro atoms. The third kappa shape index (κ3) is 5.73. The molecule has 11 heteroatoms. The number of hydrogen-bond donors (Lipinski definition) is 2. The Morgan fingerprint density at radius 3 is 2.57 bits per heavy atom. The molecule has 1 aliphatic rings. The lowest BCUT2D eigenvalue weighted by atomic mass is 9.89. The first-order valence-corrected chi connectivity index (χ1v) is 12.8. The van der Waals surface area contributed by atoms with Crippen LogP contribution in [0.25, 0.3) is 11.4 Å². The largest absolute Gasteiger partial charge is 0.480 e. The molecule has 0 radical (unpaired) electrons. The fourth-order valence-electron chi connectivity index (χ4n) is 4.31. The summed E-state index contributed by atoms with van der Waals surface area (Å²) in [5, 5.41) is 13.5. The van der Waals surface area contributed by atoms with Crippen molar-refractivity contribution >= 4 is 16.0 Å². The number of aryl methyl sites for hydroxylation is 1. The van der Waals surface area contributed by atoms with Gasteiger partial charge in [0.1, 0.15) is 17.7 Å². The van der Waals surface area contributed by atoms with Crippen LogP contribution in [0.1, 0.15) is 55.0 Å².